The summed E-state index contributed by atoms with van der Waals surface area (Å²) in [4.78, 5) is 16.7. The van der Waals surface area contributed by atoms with E-state index >= 15 is 0 Å². The van der Waals surface area contributed by atoms with E-state index < -0.39 is 0 Å². The van der Waals surface area contributed by atoms with Crippen molar-refractivity contribution in [2.24, 2.45) is 0 Å². The van der Waals surface area contributed by atoms with Crippen molar-refractivity contribution >= 4 is 11.6 Å². The van der Waals surface area contributed by atoms with Crippen LogP contribution in [0.25, 0.3) is 5.65 Å². The molecule has 0 saturated heterocycles. The highest BCUT2D eigenvalue weighted by Crippen LogP contribution is 2.14. The Kier molecular flexibility index (Phi) is 3.77. The van der Waals surface area contributed by atoms with Crippen LogP contribution in [0.2, 0.25) is 0 Å². The van der Waals surface area contributed by atoms with Gasteiger partial charge in [-0.15, -0.1) is 5.10 Å². The number of aryl methyl sites for hydroxylation is 1. The van der Waals surface area contributed by atoms with Gasteiger partial charge in [-0.3, -0.25) is 4.79 Å². The summed E-state index contributed by atoms with van der Waals surface area (Å²) >= 11 is 0. The second-order valence-electron chi connectivity index (χ2n) is 4.77. The Labute approximate surface area is 126 Å². The number of nitrogens with zero attached hydrogens (tertiary/aromatic N) is 7. The number of carbonyl (C=O) groups is 1. The SMILES string of the molecule is CC[C@@H](NC(=O)c1ccc2nnnn2c1)c1ncnn1CC. The molecule has 9 nitrogen and oxygen atoms in total. The molecule has 1 N–H and O–H groups in total. The molecule has 0 aromatic carbocycles. The Morgan fingerprint density at radius 2 is 2.23 bits per heavy atom. The Balaban J connectivity index is 1.82. The number of amides is 1. The largest absolute Gasteiger partial charge is 0.342 e. The topological polar surface area (TPSA) is 103 Å². The molecule has 114 valence electrons. The fourth-order valence-electron chi connectivity index (χ4n) is 2.25. The lowest BCUT2D eigenvalue weighted by atomic mass is 10.2. The molecule has 0 aliphatic carbocycles. The van der Waals surface area contributed by atoms with Gasteiger partial charge in [0.15, 0.2) is 5.65 Å². The van der Waals surface area contributed by atoms with Gasteiger partial charge in [0.25, 0.3) is 5.91 Å². The number of nitrogens with one attached hydrogen (secondary N) is 1. The Hall–Kier alpha value is -2.84. The predicted molar refractivity (Wildman–Crippen MR) is 77.0 cm³/mol. The number of rotatable bonds is 5. The molecule has 0 bridgehead atoms. The molecule has 0 aliphatic rings. The van der Waals surface area contributed by atoms with Crippen LogP contribution in [0.5, 0.6) is 0 Å². The molecule has 1 amide bonds. The predicted octanol–water partition coefficient (Wildman–Crippen LogP) is 0.617. The first-order valence-corrected chi connectivity index (χ1v) is 7.09. The average molecular weight is 300 g/mol. The molecule has 3 aromatic heterocycles. The molecule has 0 saturated carbocycles. The molecule has 9 heteroatoms. The molecule has 0 aliphatic heterocycles. The second kappa shape index (κ2) is 5.88. The van der Waals surface area contributed by atoms with E-state index in [0.29, 0.717) is 17.8 Å². The van der Waals surface area contributed by atoms with Crippen LogP contribution in [-0.2, 0) is 6.54 Å². The van der Waals surface area contributed by atoms with Crippen molar-refractivity contribution in [3.05, 3.63) is 36.0 Å². The summed E-state index contributed by atoms with van der Waals surface area (Å²) in [5, 5.41) is 18.3. The van der Waals surface area contributed by atoms with Crippen molar-refractivity contribution in [3.63, 3.8) is 0 Å². The highest BCUT2D eigenvalue weighted by atomic mass is 16.1. The van der Waals surface area contributed by atoms with Crippen LogP contribution in [-0.4, -0.2) is 40.7 Å². The normalized spacial score (nSPS) is 12.5. The maximum Gasteiger partial charge on any atom is 0.253 e. The summed E-state index contributed by atoms with van der Waals surface area (Å²) in [6.45, 7) is 4.68. The number of hydrogen-bond donors (Lipinski definition) is 1. The Bertz CT molecular complexity index is 792. The number of tetrazole rings is 1. The van der Waals surface area contributed by atoms with Gasteiger partial charge in [-0.2, -0.15) is 9.61 Å². The van der Waals surface area contributed by atoms with Gasteiger partial charge in [0.05, 0.1) is 11.6 Å². The third-order valence-electron chi connectivity index (χ3n) is 3.42. The number of carbonyl (C=O) groups excluding carboxylic acids is 1. The minimum Gasteiger partial charge on any atom is -0.342 e. The van der Waals surface area contributed by atoms with Crippen molar-refractivity contribution < 1.29 is 4.79 Å². The zero-order chi connectivity index (χ0) is 15.5. The van der Waals surface area contributed by atoms with Crippen molar-refractivity contribution in [2.75, 3.05) is 0 Å². The van der Waals surface area contributed by atoms with Gasteiger partial charge in [-0.1, -0.05) is 6.92 Å². The summed E-state index contributed by atoms with van der Waals surface area (Å²) in [6.07, 6.45) is 3.82. The summed E-state index contributed by atoms with van der Waals surface area (Å²) in [5.41, 5.74) is 1.08. The standard InChI is InChI=1S/C13H16N8O/c1-3-10(12-14-8-15-20(12)4-2)16-13(22)9-5-6-11-17-18-19-21(11)7-9/h5-8,10H,3-4H2,1-2H3,(H,16,22)/t10-/m1/s1. The first-order valence-electron chi connectivity index (χ1n) is 7.09. The first kappa shape index (κ1) is 14.1. The van der Waals surface area contributed by atoms with Crippen LogP contribution in [0.1, 0.15) is 42.5 Å². The molecule has 0 unspecified atom stereocenters. The number of fused-ring (bicyclic) bond motifs is 1. The maximum atomic E-state index is 12.4. The van der Waals surface area contributed by atoms with Gasteiger partial charge < -0.3 is 5.32 Å². The molecular weight excluding hydrogens is 284 g/mol. The Morgan fingerprint density at radius 3 is 3.00 bits per heavy atom. The third-order valence-corrected chi connectivity index (χ3v) is 3.42. The fourth-order valence-corrected chi connectivity index (χ4v) is 2.25. The van der Waals surface area contributed by atoms with E-state index in [9.17, 15) is 4.79 Å². The second-order valence-corrected chi connectivity index (χ2v) is 4.77. The molecule has 3 heterocycles. The van der Waals surface area contributed by atoms with Crippen molar-refractivity contribution in [2.45, 2.75) is 32.9 Å². The monoisotopic (exact) mass is 300 g/mol. The lowest BCUT2D eigenvalue weighted by Gasteiger charge is -2.16. The van der Waals surface area contributed by atoms with Crippen LogP contribution in [0.3, 0.4) is 0 Å². The van der Waals surface area contributed by atoms with E-state index in [-0.39, 0.29) is 11.9 Å². The van der Waals surface area contributed by atoms with E-state index in [0.717, 1.165) is 12.2 Å². The molecular formula is C13H16N8O. The minimum atomic E-state index is -0.199. The molecule has 0 radical (unpaired) electrons. The van der Waals surface area contributed by atoms with Crippen LogP contribution < -0.4 is 5.32 Å². The van der Waals surface area contributed by atoms with Gasteiger partial charge >= 0.3 is 0 Å². The molecule has 0 spiro atoms. The third kappa shape index (κ3) is 2.52. The Morgan fingerprint density at radius 1 is 1.36 bits per heavy atom. The van der Waals surface area contributed by atoms with Gasteiger partial charge in [-0.05, 0) is 35.9 Å². The number of pyridine rings is 1. The first-order chi connectivity index (χ1) is 10.7. The number of hydrogen-bond acceptors (Lipinski definition) is 6. The molecule has 1 atom stereocenters. The molecule has 0 fully saturated rings. The van der Waals surface area contributed by atoms with E-state index in [1.54, 1.807) is 23.0 Å². The molecule has 3 rings (SSSR count). The van der Waals surface area contributed by atoms with E-state index in [1.165, 1.54) is 10.8 Å². The zero-order valence-corrected chi connectivity index (χ0v) is 12.3. The van der Waals surface area contributed by atoms with Crippen LogP contribution in [0.15, 0.2) is 24.7 Å². The quantitative estimate of drug-likeness (QED) is 0.741. The average Bonchev–Trinajstić information content (AvgIpc) is 3.19. The van der Waals surface area contributed by atoms with Gasteiger partial charge in [-0.25, -0.2) is 9.67 Å². The molecule has 3 aromatic rings. The van der Waals surface area contributed by atoms with E-state index in [1.807, 2.05) is 13.8 Å². The molecule has 22 heavy (non-hydrogen) atoms. The summed E-state index contributed by atoms with van der Waals surface area (Å²) in [6, 6.07) is 3.20. The maximum absolute atomic E-state index is 12.4. The lowest BCUT2D eigenvalue weighted by Crippen LogP contribution is -2.30. The van der Waals surface area contributed by atoms with Gasteiger partial charge in [0.1, 0.15) is 12.2 Å². The van der Waals surface area contributed by atoms with Crippen LogP contribution >= 0.6 is 0 Å². The van der Waals surface area contributed by atoms with Crippen molar-refractivity contribution in [1.29, 1.82) is 0 Å². The highest BCUT2D eigenvalue weighted by Gasteiger charge is 2.19. The van der Waals surface area contributed by atoms with Crippen molar-refractivity contribution in [3.8, 4) is 0 Å². The minimum absolute atomic E-state index is 0.195. The highest BCUT2D eigenvalue weighted by molar-refractivity contribution is 5.94. The van der Waals surface area contributed by atoms with Crippen molar-refractivity contribution in [1.82, 2.24) is 40.1 Å². The number of aromatic nitrogens is 7. The van der Waals surface area contributed by atoms with Gasteiger partial charge in [0.2, 0.25) is 0 Å². The summed E-state index contributed by atoms with van der Waals surface area (Å²) < 4.78 is 3.24. The fraction of sp³-hybridized carbons (Fsp3) is 0.385. The smallest absolute Gasteiger partial charge is 0.253 e. The summed E-state index contributed by atoms with van der Waals surface area (Å²) in [7, 11) is 0. The van der Waals surface area contributed by atoms with E-state index in [2.05, 4.69) is 30.9 Å². The lowest BCUT2D eigenvalue weighted by molar-refractivity contribution is 0.0932. The van der Waals surface area contributed by atoms with Crippen LogP contribution in [0, 0.1) is 0 Å². The van der Waals surface area contributed by atoms with Gasteiger partial charge in [0, 0.05) is 12.7 Å². The summed E-state index contributed by atoms with van der Waals surface area (Å²) in [5.74, 6) is 0.553. The van der Waals surface area contributed by atoms with E-state index in [4.69, 9.17) is 0 Å². The van der Waals surface area contributed by atoms with Crippen LogP contribution in [0.4, 0.5) is 0 Å². The zero-order valence-electron chi connectivity index (χ0n) is 12.3.